The number of benzene rings is 1. The lowest BCUT2D eigenvalue weighted by Gasteiger charge is -2.14. The Morgan fingerprint density at radius 1 is 1.17 bits per heavy atom. The lowest BCUT2D eigenvalue weighted by atomic mass is 10.1. The molecule has 0 bridgehead atoms. The number of rotatable bonds is 8. The number of aryl methyl sites for hydroxylation is 1. The van der Waals surface area contributed by atoms with E-state index in [1.807, 2.05) is 23.9 Å². The molecule has 0 heterocycles. The molecule has 1 aromatic rings. The molecule has 18 heavy (non-hydrogen) atoms. The summed E-state index contributed by atoms with van der Waals surface area (Å²) in [4.78, 5) is 0. The van der Waals surface area contributed by atoms with E-state index in [0.717, 1.165) is 23.7 Å². The van der Waals surface area contributed by atoms with E-state index >= 15 is 0 Å². The van der Waals surface area contributed by atoms with Crippen molar-refractivity contribution in [2.45, 2.75) is 20.3 Å². The Morgan fingerprint density at radius 3 is 2.44 bits per heavy atom. The van der Waals surface area contributed by atoms with Crippen LogP contribution in [0.3, 0.4) is 0 Å². The third-order valence-electron chi connectivity index (χ3n) is 2.72. The summed E-state index contributed by atoms with van der Waals surface area (Å²) < 4.78 is 10.6. The molecule has 0 aliphatic carbocycles. The first-order valence-corrected chi connectivity index (χ1v) is 7.42. The third kappa shape index (κ3) is 4.33. The van der Waals surface area contributed by atoms with E-state index in [2.05, 4.69) is 19.2 Å². The molecule has 1 N–H and O–H groups in total. The van der Waals surface area contributed by atoms with Crippen LogP contribution in [0.5, 0.6) is 11.5 Å². The normalized spacial score (nSPS) is 10.2. The molecule has 0 saturated heterocycles. The molecule has 0 aliphatic heterocycles. The van der Waals surface area contributed by atoms with Gasteiger partial charge in [0.15, 0.2) is 11.5 Å². The van der Waals surface area contributed by atoms with Crippen molar-refractivity contribution in [3.8, 4) is 11.5 Å². The van der Waals surface area contributed by atoms with E-state index < -0.39 is 0 Å². The van der Waals surface area contributed by atoms with Gasteiger partial charge < -0.3 is 14.8 Å². The lowest BCUT2D eigenvalue weighted by molar-refractivity contribution is 0.355. The van der Waals surface area contributed by atoms with Crippen molar-refractivity contribution in [2.75, 3.05) is 37.6 Å². The summed E-state index contributed by atoms with van der Waals surface area (Å²) in [5.74, 6) is 3.95. The van der Waals surface area contributed by atoms with E-state index in [-0.39, 0.29) is 0 Å². The highest BCUT2D eigenvalue weighted by atomic mass is 32.2. The standard InChI is InChI=1S/C14H23NO2S/c1-5-18-8-6-7-15-12-10-14(17-4)13(16-3)9-11(12)2/h9-10,15H,5-8H2,1-4H3. The summed E-state index contributed by atoms with van der Waals surface area (Å²) >= 11 is 1.98. The summed E-state index contributed by atoms with van der Waals surface area (Å²) in [5.41, 5.74) is 2.30. The minimum absolute atomic E-state index is 0.772. The number of ether oxygens (including phenoxy) is 2. The molecule has 0 amide bonds. The number of hydrogen-bond donors (Lipinski definition) is 1. The van der Waals surface area contributed by atoms with Crippen molar-refractivity contribution in [3.05, 3.63) is 17.7 Å². The maximum Gasteiger partial charge on any atom is 0.162 e. The van der Waals surface area contributed by atoms with Crippen molar-refractivity contribution in [2.24, 2.45) is 0 Å². The van der Waals surface area contributed by atoms with E-state index in [1.54, 1.807) is 14.2 Å². The van der Waals surface area contributed by atoms with Crippen LogP contribution in [0.25, 0.3) is 0 Å². The molecule has 1 rings (SSSR count). The van der Waals surface area contributed by atoms with Crippen LogP contribution in [0.1, 0.15) is 18.9 Å². The molecule has 0 atom stereocenters. The van der Waals surface area contributed by atoms with E-state index in [4.69, 9.17) is 9.47 Å². The first kappa shape index (κ1) is 15.0. The van der Waals surface area contributed by atoms with Gasteiger partial charge in [0.05, 0.1) is 14.2 Å². The molecule has 0 unspecified atom stereocenters. The van der Waals surface area contributed by atoms with Crippen molar-refractivity contribution < 1.29 is 9.47 Å². The molecular weight excluding hydrogens is 246 g/mol. The Labute approximate surface area is 114 Å². The highest BCUT2D eigenvalue weighted by Gasteiger charge is 2.07. The van der Waals surface area contributed by atoms with Crippen LogP contribution < -0.4 is 14.8 Å². The van der Waals surface area contributed by atoms with Gasteiger partial charge in [0, 0.05) is 18.3 Å². The fourth-order valence-electron chi connectivity index (χ4n) is 1.71. The smallest absolute Gasteiger partial charge is 0.162 e. The number of anilines is 1. The van der Waals surface area contributed by atoms with Gasteiger partial charge in [-0.3, -0.25) is 0 Å². The molecule has 0 radical (unpaired) electrons. The van der Waals surface area contributed by atoms with Crippen LogP contribution in [0, 0.1) is 6.92 Å². The van der Waals surface area contributed by atoms with Gasteiger partial charge in [0.1, 0.15) is 0 Å². The Morgan fingerprint density at radius 2 is 1.83 bits per heavy atom. The summed E-state index contributed by atoms with van der Waals surface area (Å²) in [6, 6.07) is 4.00. The molecule has 0 fully saturated rings. The fourth-order valence-corrected chi connectivity index (χ4v) is 2.35. The monoisotopic (exact) mass is 269 g/mol. The summed E-state index contributed by atoms with van der Waals surface area (Å²) in [5, 5.41) is 3.45. The molecular formula is C14H23NO2S. The molecule has 102 valence electrons. The highest BCUT2D eigenvalue weighted by molar-refractivity contribution is 7.99. The predicted octanol–water partition coefficient (Wildman–Crippen LogP) is 3.57. The Balaban J connectivity index is 2.59. The number of nitrogens with one attached hydrogen (secondary N) is 1. The maximum atomic E-state index is 5.31. The molecule has 3 nitrogen and oxygen atoms in total. The van der Waals surface area contributed by atoms with Crippen LogP contribution in [0.4, 0.5) is 5.69 Å². The van der Waals surface area contributed by atoms with Crippen LogP contribution in [-0.4, -0.2) is 32.3 Å². The Bertz CT molecular complexity index is 369. The summed E-state index contributed by atoms with van der Waals surface area (Å²) in [7, 11) is 3.32. The highest BCUT2D eigenvalue weighted by Crippen LogP contribution is 2.32. The predicted molar refractivity (Wildman–Crippen MR) is 80.4 cm³/mol. The Hall–Kier alpha value is -1.03. The van der Waals surface area contributed by atoms with Crippen LogP contribution in [0.2, 0.25) is 0 Å². The summed E-state index contributed by atoms with van der Waals surface area (Å²) in [6.07, 6.45) is 1.17. The SMILES string of the molecule is CCSCCCNc1cc(OC)c(OC)cc1C. The van der Waals surface area contributed by atoms with Gasteiger partial charge in [0.2, 0.25) is 0 Å². The van der Waals surface area contributed by atoms with Gasteiger partial charge >= 0.3 is 0 Å². The molecule has 0 aliphatic rings. The molecule has 0 spiro atoms. The van der Waals surface area contributed by atoms with Gasteiger partial charge in [-0.2, -0.15) is 11.8 Å². The number of hydrogen-bond acceptors (Lipinski definition) is 4. The number of thioether (sulfide) groups is 1. The first-order valence-electron chi connectivity index (χ1n) is 6.27. The van der Waals surface area contributed by atoms with Crippen LogP contribution in [0.15, 0.2) is 12.1 Å². The molecule has 4 heteroatoms. The molecule has 1 aromatic carbocycles. The van der Waals surface area contributed by atoms with Gasteiger partial charge in [-0.15, -0.1) is 0 Å². The third-order valence-corrected chi connectivity index (χ3v) is 3.70. The Kier molecular flexibility index (Phi) is 6.80. The van der Waals surface area contributed by atoms with Gasteiger partial charge in [0.25, 0.3) is 0 Å². The van der Waals surface area contributed by atoms with E-state index in [9.17, 15) is 0 Å². The van der Waals surface area contributed by atoms with E-state index in [1.165, 1.54) is 23.5 Å². The zero-order valence-corrected chi connectivity index (χ0v) is 12.5. The van der Waals surface area contributed by atoms with Crippen molar-refractivity contribution in [1.82, 2.24) is 0 Å². The van der Waals surface area contributed by atoms with Gasteiger partial charge in [-0.25, -0.2) is 0 Å². The minimum atomic E-state index is 0.772. The first-order chi connectivity index (χ1) is 8.72. The van der Waals surface area contributed by atoms with Crippen LogP contribution >= 0.6 is 11.8 Å². The average molecular weight is 269 g/mol. The zero-order valence-electron chi connectivity index (χ0n) is 11.7. The minimum Gasteiger partial charge on any atom is -0.493 e. The van der Waals surface area contributed by atoms with Crippen molar-refractivity contribution in [1.29, 1.82) is 0 Å². The summed E-state index contributed by atoms with van der Waals surface area (Å²) in [6.45, 7) is 5.25. The van der Waals surface area contributed by atoms with Gasteiger partial charge in [-0.1, -0.05) is 6.92 Å². The van der Waals surface area contributed by atoms with Crippen LogP contribution in [-0.2, 0) is 0 Å². The second-order valence-electron chi connectivity index (χ2n) is 4.00. The maximum absolute atomic E-state index is 5.31. The molecule has 0 saturated carbocycles. The van der Waals surface area contributed by atoms with Crippen molar-refractivity contribution >= 4 is 17.4 Å². The quantitative estimate of drug-likeness (QED) is 0.731. The average Bonchev–Trinajstić information content (AvgIpc) is 2.39. The molecule has 0 aromatic heterocycles. The topological polar surface area (TPSA) is 30.5 Å². The van der Waals surface area contributed by atoms with E-state index in [0.29, 0.717) is 0 Å². The second-order valence-corrected chi connectivity index (χ2v) is 5.39. The lowest BCUT2D eigenvalue weighted by Crippen LogP contribution is -2.05. The fraction of sp³-hybridized carbons (Fsp3) is 0.571. The zero-order chi connectivity index (χ0) is 13.4. The second kappa shape index (κ2) is 8.14. The van der Waals surface area contributed by atoms with Crippen molar-refractivity contribution in [3.63, 3.8) is 0 Å². The number of methoxy groups -OCH3 is 2. The largest absolute Gasteiger partial charge is 0.493 e. The van der Waals surface area contributed by atoms with Gasteiger partial charge in [-0.05, 0) is 36.5 Å².